The molecule has 0 saturated carbocycles. The lowest BCUT2D eigenvalue weighted by Crippen LogP contribution is -2.25. The number of anilines is 1. The number of rotatable bonds is 6. The monoisotopic (exact) mass is 356 g/mol. The highest BCUT2D eigenvalue weighted by molar-refractivity contribution is 6.36. The Bertz CT molecular complexity index is 662. The fourth-order valence-electron chi connectivity index (χ4n) is 1.87. The third-order valence-corrected chi connectivity index (χ3v) is 3.95. The Hall–Kier alpha value is -1.42. The Labute approximate surface area is 144 Å². The lowest BCUT2D eigenvalue weighted by atomic mass is 10.2. The largest absolute Gasteiger partial charge is 0.383 e. The Morgan fingerprint density at radius 1 is 1.00 bits per heavy atom. The fraction of sp³-hybridized carbons (Fsp3) is 0.188. The molecule has 2 rings (SSSR count). The van der Waals surface area contributed by atoms with E-state index in [1.807, 2.05) is 18.2 Å². The second kappa shape index (κ2) is 8.28. The van der Waals surface area contributed by atoms with Crippen molar-refractivity contribution in [1.29, 1.82) is 0 Å². The highest BCUT2D eigenvalue weighted by Crippen LogP contribution is 2.25. The molecule has 0 radical (unpaired) electrons. The molecule has 0 aliphatic heterocycles. The topological polar surface area (TPSA) is 41.1 Å². The summed E-state index contributed by atoms with van der Waals surface area (Å²) in [4.78, 5) is 11.8. The highest BCUT2D eigenvalue weighted by atomic mass is 35.5. The van der Waals surface area contributed by atoms with Crippen LogP contribution in [0.2, 0.25) is 15.1 Å². The molecule has 0 bridgehead atoms. The zero-order chi connectivity index (χ0) is 15.9. The number of halogens is 3. The molecular weight excluding hydrogens is 343 g/mol. The molecule has 22 heavy (non-hydrogen) atoms. The van der Waals surface area contributed by atoms with Crippen LogP contribution in [0.1, 0.15) is 12.0 Å². The predicted molar refractivity (Wildman–Crippen MR) is 92.9 cm³/mol. The van der Waals surface area contributed by atoms with Gasteiger partial charge in [-0.3, -0.25) is 4.79 Å². The minimum atomic E-state index is -0.0579. The number of nitrogens with one attached hydrogen (secondary N) is 2. The summed E-state index contributed by atoms with van der Waals surface area (Å²) in [7, 11) is 0. The Morgan fingerprint density at radius 2 is 1.77 bits per heavy atom. The molecule has 3 nitrogen and oxygen atoms in total. The van der Waals surface area contributed by atoms with Crippen LogP contribution in [-0.2, 0) is 11.3 Å². The highest BCUT2D eigenvalue weighted by Gasteiger charge is 2.05. The molecule has 0 unspecified atom stereocenters. The van der Waals surface area contributed by atoms with Crippen LogP contribution in [0.25, 0.3) is 0 Å². The summed E-state index contributed by atoms with van der Waals surface area (Å²) >= 11 is 17.9. The minimum absolute atomic E-state index is 0.0579. The van der Waals surface area contributed by atoms with Gasteiger partial charge in [-0.05, 0) is 29.8 Å². The molecule has 2 N–H and O–H groups in total. The van der Waals surface area contributed by atoms with E-state index in [9.17, 15) is 4.79 Å². The van der Waals surface area contributed by atoms with Crippen LogP contribution in [0.15, 0.2) is 42.5 Å². The number of hydrogen-bond donors (Lipinski definition) is 2. The number of benzene rings is 2. The molecule has 0 fully saturated rings. The van der Waals surface area contributed by atoms with Gasteiger partial charge in [-0.15, -0.1) is 0 Å². The SMILES string of the molecule is O=C(CCNc1ccc(Cl)cc1Cl)NCc1ccccc1Cl. The number of carbonyl (C=O) groups excluding carboxylic acids is 1. The van der Waals surface area contributed by atoms with Gasteiger partial charge in [0.15, 0.2) is 0 Å². The molecule has 0 heterocycles. The third kappa shape index (κ3) is 5.09. The zero-order valence-electron chi connectivity index (χ0n) is 11.7. The number of amides is 1. The zero-order valence-corrected chi connectivity index (χ0v) is 14.0. The van der Waals surface area contributed by atoms with Crippen molar-refractivity contribution < 1.29 is 4.79 Å². The number of hydrogen-bond acceptors (Lipinski definition) is 2. The summed E-state index contributed by atoms with van der Waals surface area (Å²) < 4.78 is 0. The first-order valence-corrected chi connectivity index (χ1v) is 7.88. The van der Waals surface area contributed by atoms with Gasteiger partial charge in [0.05, 0.1) is 10.7 Å². The van der Waals surface area contributed by atoms with E-state index in [2.05, 4.69) is 10.6 Å². The molecule has 0 atom stereocenters. The van der Waals surface area contributed by atoms with E-state index in [0.717, 1.165) is 11.3 Å². The molecule has 116 valence electrons. The van der Waals surface area contributed by atoms with E-state index in [4.69, 9.17) is 34.8 Å². The molecule has 2 aromatic carbocycles. The van der Waals surface area contributed by atoms with Gasteiger partial charge in [0.25, 0.3) is 0 Å². The Kier molecular flexibility index (Phi) is 6.37. The molecule has 0 aromatic heterocycles. The molecule has 6 heteroatoms. The van der Waals surface area contributed by atoms with E-state index in [-0.39, 0.29) is 5.91 Å². The number of carbonyl (C=O) groups is 1. The predicted octanol–water partition coefficient (Wildman–Crippen LogP) is 4.77. The molecule has 2 aromatic rings. The molecule has 0 aliphatic rings. The minimum Gasteiger partial charge on any atom is -0.383 e. The van der Waals surface area contributed by atoms with Crippen molar-refractivity contribution in [3.05, 3.63) is 63.1 Å². The van der Waals surface area contributed by atoms with E-state index in [1.54, 1.807) is 24.3 Å². The average Bonchev–Trinajstić information content (AvgIpc) is 2.49. The first kappa shape index (κ1) is 16.9. The van der Waals surface area contributed by atoms with Crippen molar-refractivity contribution in [2.75, 3.05) is 11.9 Å². The van der Waals surface area contributed by atoms with Gasteiger partial charge in [-0.25, -0.2) is 0 Å². The van der Waals surface area contributed by atoms with Crippen molar-refractivity contribution in [3.8, 4) is 0 Å². The summed E-state index contributed by atoms with van der Waals surface area (Å²) in [5.74, 6) is -0.0579. The molecule has 1 amide bonds. The average molecular weight is 358 g/mol. The third-order valence-electron chi connectivity index (χ3n) is 3.03. The molecule has 0 spiro atoms. The van der Waals surface area contributed by atoms with Crippen LogP contribution in [0.3, 0.4) is 0 Å². The van der Waals surface area contributed by atoms with Crippen molar-refractivity contribution in [3.63, 3.8) is 0 Å². The second-order valence-corrected chi connectivity index (χ2v) is 5.92. The van der Waals surface area contributed by atoms with Gasteiger partial charge >= 0.3 is 0 Å². The standard InChI is InChI=1S/C16H15Cl3N2O/c17-12-5-6-15(14(19)9-12)20-8-7-16(22)21-10-11-3-1-2-4-13(11)18/h1-6,9,20H,7-8,10H2,(H,21,22). The first-order valence-electron chi connectivity index (χ1n) is 6.75. The maximum atomic E-state index is 11.8. The van der Waals surface area contributed by atoms with Crippen LogP contribution in [0.5, 0.6) is 0 Å². The van der Waals surface area contributed by atoms with E-state index in [1.165, 1.54) is 0 Å². The quantitative estimate of drug-likeness (QED) is 0.782. The van der Waals surface area contributed by atoms with Crippen LogP contribution in [-0.4, -0.2) is 12.5 Å². The van der Waals surface area contributed by atoms with Crippen LogP contribution in [0.4, 0.5) is 5.69 Å². The van der Waals surface area contributed by atoms with Crippen LogP contribution < -0.4 is 10.6 Å². The van der Waals surface area contributed by atoms with Gasteiger partial charge in [0, 0.05) is 29.6 Å². The van der Waals surface area contributed by atoms with Gasteiger partial charge < -0.3 is 10.6 Å². The maximum absolute atomic E-state index is 11.8. The van der Waals surface area contributed by atoms with Gasteiger partial charge in [0.1, 0.15) is 0 Å². The summed E-state index contributed by atoms with van der Waals surface area (Å²) in [5, 5.41) is 7.69. The van der Waals surface area contributed by atoms with Gasteiger partial charge in [-0.1, -0.05) is 53.0 Å². The molecular formula is C16H15Cl3N2O. The van der Waals surface area contributed by atoms with Gasteiger partial charge in [0.2, 0.25) is 5.91 Å². The normalized spacial score (nSPS) is 10.3. The summed E-state index contributed by atoms with van der Waals surface area (Å²) in [6.45, 7) is 0.899. The van der Waals surface area contributed by atoms with E-state index >= 15 is 0 Å². The smallest absolute Gasteiger partial charge is 0.222 e. The van der Waals surface area contributed by atoms with E-state index in [0.29, 0.717) is 34.6 Å². The summed E-state index contributed by atoms with van der Waals surface area (Å²) in [5.41, 5.74) is 1.65. The Morgan fingerprint density at radius 3 is 2.50 bits per heavy atom. The Balaban J connectivity index is 1.75. The van der Waals surface area contributed by atoms with Crippen molar-refractivity contribution in [1.82, 2.24) is 5.32 Å². The summed E-state index contributed by atoms with van der Waals surface area (Å²) in [6, 6.07) is 12.6. The van der Waals surface area contributed by atoms with Crippen molar-refractivity contribution in [2.24, 2.45) is 0 Å². The van der Waals surface area contributed by atoms with Crippen molar-refractivity contribution >= 4 is 46.4 Å². The lowest BCUT2D eigenvalue weighted by Gasteiger charge is -2.09. The molecule has 0 saturated heterocycles. The maximum Gasteiger partial charge on any atom is 0.222 e. The van der Waals surface area contributed by atoms with Crippen LogP contribution in [0, 0.1) is 0 Å². The summed E-state index contributed by atoms with van der Waals surface area (Å²) in [6.07, 6.45) is 0.337. The lowest BCUT2D eigenvalue weighted by molar-refractivity contribution is -0.121. The molecule has 0 aliphatic carbocycles. The van der Waals surface area contributed by atoms with Gasteiger partial charge in [-0.2, -0.15) is 0 Å². The fourth-order valence-corrected chi connectivity index (χ4v) is 2.55. The second-order valence-electron chi connectivity index (χ2n) is 4.67. The first-order chi connectivity index (χ1) is 10.6. The van der Waals surface area contributed by atoms with Crippen molar-refractivity contribution in [2.45, 2.75) is 13.0 Å². The van der Waals surface area contributed by atoms with Crippen LogP contribution >= 0.6 is 34.8 Å². The van der Waals surface area contributed by atoms with E-state index < -0.39 is 0 Å².